The van der Waals surface area contributed by atoms with Crippen molar-refractivity contribution in [1.29, 1.82) is 0 Å². The van der Waals surface area contributed by atoms with Crippen LogP contribution >= 0.6 is 0 Å². The maximum absolute atomic E-state index is 13.9. The van der Waals surface area contributed by atoms with Gasteiger partial charge in [0.1, 0.15) is 23.4 Å². The molecule has 0 saturated carbocycles. The molecule has 1 saturated heterocycles. The number of amides is 2. The maximum Gasteiger partial charge on any atom is 0.392 e. The van der Waals surface area contributed by atoms with Crippen molar-refractivity contribution in [3.8, 4) is 5.75 Å². The molecule has 2 aliphatic heterocycles. The number of pyridine rings is 1. The summed E-state index contributed by atoms with van der Waals surface area (Å²) in [5.74, 6) is -6.26. The van der Waals surface area contributed by atoms with Gasteiger partial charge in [0.15, 0.2) is 11.4 Å². The molecule has 188 valence electrons. The second kappa shape index (κ2) is 8.86. The number of aromatic hydroxyl groups is 1. The summed E-state index contributed by atoms with van der Waals surface area (Å²) in [6.07, 6.45) is -5.18. The minimum atomic E-state index is -4.46. The van der Waals surface area contributed by atoms with Crippen LogP contribution in [-0.4, -0.2) is 51.9 Å². The molecule has 2 amide bonds. The second-order valence-electron chi connectivity index (χ2n) is 8.33. The fourth-order valence-electron chi connectivity index (χ4n) is 4.48. The number of fused-ring (bicyclic) bond motifs is 3. The van der Waals surface area contributed by atoms with Gasteiger partial charge < -0.3 is 15.3 Å². The van der Waals surface area contributed by atoms with Crippen LogP contribution in [0.2, 0.25) is 0 Å². The number of alkyl halides is 3. The summed E-state index contributed by atoms with van der Waals surface area (Å²) in [5, 5.41) is 14.2. The van der Waals surface area contributed by atoms with Gasteiger partial charge in [0, 0.05) is 37.5 Å². The predicted molar refractivity (Wildman–Crippen MR) is 112 cm³/mol. The summed E-state index contributed by atoms with van der Waals surface area (Å²) in [6, 6.07) is 2.71. The first kappa shape index (κ1) is 24.5. The van der Waals surface area contributed by atoms with Crippen LogP contribution in [0.3, 0.4) is 0 Å². The fourth-order valence-corrected chi connectivity index (χ4v) is 4.48. The van der Waals surface area contributed by atoms with E-state index in [1.807, 2.05) is 0 Å². The van der Waals surface area contributed by atoms with E-state index in [1.165, 1.54) is 5.01 Å². The standard InChI is InChI=1S/C22H21F5N4O4/c1-2-29-16-7-12(22(25,26)27)5-6-30(16)31-10-14(18(32)19(33)17(31)21(29)35)20(34)28-9-11-3-4-13(23)8-15(11)24/h3-4,8,10,12,16,33H,2,5-7,9H2,1H3,(H,28,34)/t12-,16+/m1/s1. The first-order valence-electron chi connectivity index (χ1n) is 10.8. The van der Waals surface area contributed by atoms with Crippen LogP contribution in [0, 0.1) is 17.6 Å². The average molecular weight is 500 g/mol. The Bertz CT molecular complexity index is 1250. The number of rotatable bonds is 4. The normalized spacial score (nSPS) is 19.9. The van der Waals surface area contributed by atoms with Crippen molar-refractivity contribution < 1.29 is 36.6 Å². The molecule has 0 unspecified atom stereocenters. The van der Waals surface area contributed by atoms with Gasteiger partial charge in [-0.1, -0.05) is 6.07 Å². The molecule has 1 aromatic heterocycles. The molecule has 2 N–H and O–H groups in total. The minimum Gasteiger partial charge on any atom is -0.502 e. The lowest BCUT2D eigenvalue weighted by Gasteiger charge is -2.50. The summed E-state index contributed by atoms with van der Waals surface area (Å²) < 4.78 is 68.1. The number of hydrogen-bond acceptors (Lipinski definition) is 5. The van der Waals surface area contributed by atoms with Gasteiger partial charge in [0.05, 0.1) is 5.92 Å². The smallest absolute Gasteiger partial charge is 0.392 e. The molecule has 0 aliphatic carbocycles. The highest BCUT2D eigenvalue weighted by atomic mass is 19.4. The molecular weight excluding hydrogens is 479 g/mol. The maximum atomic E-state index is 13.9. The van der Waals surface area contributed by atoms with E-state index < -0.39 is 77.1 Å². The topological polar surface area (TPSA) is 94.9 Å². The summed E-state index contributed by atoms with van der Waals surface area (Å²) >= 11 is 0. The zero-order valence-corrected chi connectivity index (χ0v) is 18.4. The lowest BCUT2D eigenvalue weighted by molar-refractivity contribution is -0.185. The Morgan fingerprint density at radius 1 is 1.23 bits per heavy atom. The Labute approximate surface area is 195 Å². The van der Waals surface area contributed by atoms with Crippen molar-refractivity contribution in [3.05, 3.63) is 63.1 Å². The van der Waals surface area contributed by atoms with Gasteiger partial charge >= 0.3 is 6.18 Å². The average Bonchev–Trinajstić information content (AvgIpc) is 2.79. The molecule has 3 heterocycles. The molecular formula is C22H21F5N4O4. The number of halogens is 5. The molecule has 35 heavy (non-hydrogen) atoms. The van der Waals surface area contributed by atoms with Gasteiger partial charge in [-0.25, -0.2) is 8.78 Å². The molecule has 0 spiro atoms. The molecule has 2 atom stereocenters. The van der Waals surface area contributed by atoms with Gasteiger partial charge in [-0.15, -0.1) is 0 Å². The molecule has 13 heteroatoms. The number of nitrogens with one attached hydrogen (secondary N) is 1. The van der Waals surface area contributed by atoms with Gasteiger partial charge in [-0.3, -0.25) is 24.1 Å². The van der Waals surface area contributed by atoms with Gasteiger partial charge in [-0.05, 0) is 25.8 Å². The predicted octanol–water partition coefficient (Wildman–Crippen LogP) is 2.47. The van der Waals surface area contributed by atoms with Crippen LogP contribution in [-0.2, 0) is 6.54 Å². The minimum absolute atomic E-state index is 0.0314. The number of hydrogen-bond donors (Lipinski definition) is 2. The molecule has 1 fully saturated rings. The van der Waals surface area contributed by atoms with E-state index in [0.717, 1.165) is 27.9 Å². The highest BCUT2D eigenvalue weighted by molar-refractivity contribution is 5.99. The highest BCUT2D eigenvalue weighted by Gasteiger charge is 2.49. The third-order valence-electron chi connectivity index (χ3n) is 6.31. The van der Waals surface area contributed by atoms with E-state index in [1.54, 1.807) is 6.92 Å². The lowest BCUT2D eigenvalue weighted by Crippen LogP contribution is -2.64. The zero-order valence-electron chi connectivity index (χ0n) is 18.4. The van der Waals surface area contributed by atoms with Gasteiger partial charge in [-0.2, -0.15) is 13.2 Å². The molecule has 0 bridgehead atoms. The quantitative estimate of drug-likeness (QED) is 0.630. The van der Waals surface area contributed by atoms with E-state index in [9.17, 15) is 41.4 Å². The molecule has 0 radical (unpaired) electrons. The summed E-state index contributed by atoms with van der Waals surface area (Å²) in [7, 11) is 0. The zero-order chi connectivity index (χ0) is 25.7. The number of aromatic nitrogens is 1. The number of benzene rings is 1. The van der Waals surface area contributed by atoms with E-state index in [2.05, 4.69) is 5.32 Å². The number of nitrogens with zero attached hydrogens (tertiary/aromatic N) is 3. The van der Waals surface area contributed by atoms with Crippen LogP contribution in [0.1, 0.15) is 46.2 Å². The highest BCUT2D eigenvalue weighted by Crippen LogP contribution is 2.39. The van der Waals surface area contributed by atoms with Crippen molar-refractivity contribution in [3.63, 3.8) is 0 Å². The van der Waals surface area contributed by atoms with Crippen LogP contribution in [0.4, 0.5) is 22.0 Å². The molecule has 1 aromatic carbocycles. The molecule has 4 rings (SSSR count). The first-order valence-corrected chi connectivity index (χ1v) is 10.8. The van der Waals surface area contributed by atoms with Crippen LogP contribution in [0.5, 0.6) is 5.75 Å². The molecule has 2 aliphatic rings. The van der Waals surface area contributed by atoms with Crippen LogP contribution < -0.4 is 15.8 Å². The summed E-state index contributed by atoms with van der Waals surface area (Å²) in [6.45, 7) is 1.03. The Kier molecular flexibility index (Phi) is 6.20. The van der Waals surface area contributed by atoms with Crippen LogP contribution in [0.25, 0.3) is 0 Å². The van der Waals surface area contributed by atoms with E-state index >= 15 is 0 Å². The Morgan fingerprint density at radius 3 is 2.57 bits per heavy atom. The molecule has 2 aromatic rings. The third kappa shape index (κ3) is 4.30. The third-order valence-corrected chi connectivity index (χ3v) is 6.31. The van der Waals surface area contributed by atoms with Crippen LogP contribution in [0.15, 0.2) is 29.2 Å². The van der Waals surface area contributed by atoms with Crippen molar-refractivity contribution in [2.24, 2.45) is 5.92 Å². The van der Waals surface area contributed by atoms with Crippen molar-refractivity contribution >= 4 is 11.8 Å². The van der Waals surface area contributed by atoms with Crippen molar-refractivity contribution in [2.45, 2.75) is 38.7 Å². The first-order chi connectivity index (χ1) is 16.4. The van der Waals surface area contributed by atoms with E-state index in [0.29, 0.717) is 6.07 Å². The van der Waals surface area contributed by atoms with E-state index in [-0.39, 0.29) is 25.1 Å². The van der Waals surface area contributed by atoms with Gasteiger partial charge in [0.2, 0.25) is 5.43 Å². The summed E-state index contributed by atoms with van der Waals surface area (Å²) in [5.41, 5.74) is -2.28. The fraction of sp³-hybridized carbons (Fsp3) is 0.409. The van der Waals surface area contributed by atoms with Crippen molar-refractivity contribution in [2.75, 3.05) is 18.1 Å². The van der Waals surface area contributed by atoms with Gasteiger partial charge in [0.25, 0.3) is 11.8 Å². The Morgan fingerprint density at radius 2 is 1.94 bits per heavy atom. The second-order valence-corrected chi connectivity index (χ2v) is 8.33. The largest absolute Gasteiger partial charge is 0.502 e. The monoisotopic (exact) mass is 500 g/mol. The summed E-state index contributed by atoms with van der Waals surface area (Å²) in [4.78, 5) is 39.6. The van der Waals surface area contributed by atoms with E-state index in [4.69, 9.17) is 0 Å². The number of carbonyl (C=O) groups is 2. The number of piperidine rings is 1. The Hall–Kier alpha value is -3.64. The molecule has 8 nitrogen and oxygen atoms in total. The SMILES string of the molecule is CCN1C(=O)c2c(O)c(=O)c(C(=O)NCc3ccc(F)cc3F)cn2N2CC[C@@H](C(F)(F)F)C[C@@H]12. The Balaban J connectivity index is 1.69. The lowest BCUT2D eigenvalue weighted by atomic mass is 9.93. The number of carbonyl (C=O) groups excluding carboxylic acids is 2. The van der Waals surface area contributed by atoms with Crippen molar-refractivity contribution in [1.82, 2.24) is 14.9 Å².